The molecule has 2 aliphatic rings. The van der Waals surface area contributed by atoms with Crippen LogP contribution in [0, 0.1) is 18.8 Å². The number of aryl methyl sites for hydroxylation is 1. The van der Waals surface area contributed by atoms with E-state index in [0.717, 1.165) is 10.5 Å². The maximum atomic E-state index is 13.3. The highest BCUT2D eigenvalue weighted by Gasteiger charge is 2.67. The van der Waals surface area contributed by atoms with Crippen molar-refractivity contribution in [3.05, 3.63) is 59.7 Å². The largest absolute Gasteiger partial charge is 0.508 e. The van der Waals surface area contributed by atoms with Crippen LogP contribution in [-0.2, 0) is 14.4 Å². The molecular formula is C21H20N2O5. The SMILES string of the molecule is Cc1ccc(N2C(=O)[C@H]3[C@@H](c4ccccc4O)N[C@@](C)(C(=O)O)[C@H]3C2=O)cc1. The van der Waals surface area contributed by atoms with Crippen LogP contribution in [0.4, 0.5) is 5.69 Å². The lowest BCUT2D eigenvalue weighted by molar-refractivity contribution is -0.147. The Hall–Kier alpha value is -3.19. The second-order valence-corrected chi connectivity index (χ2v) is 7.54. The van der Waals surface area contributed by atoms with Crippen molar-refractivity contribution in [3.63, 3.8) is 0 Å². The lowest BCUT2D eigenvalue weighted by Gasteiger charge is -2.27. The van der Waals surface area contributed by atoms with Crippen LogP contribution in [0.3, 0.4) is 0 Å². The number of benzene rings is 2. The number of phenols is 1. The molecular weight excluding hydrogens is 360 g/mol. The number of phenolic OH excluding ortho intramolecular Hbond substituents is 1. The molecule has 2 heterocycles. The number of carbonyl (C=O) groups excluding carboxylic acids is 2. The van der Waals surface area contributed by atoms with E-state index in [1.54, 1.807) is 42.5 Å². The van der Waals surface area contributed by atoms with Gasteiger partial charge in [-0.2, -0.15) is 0 Å². The molecule has 28 heavy (non-hydrogen) atoms. The molecule has 2 aliphatic heterocycles. The minimum atomic E-state index is -1.64. The summed E-state index contributed by atoms with van der Waals surface area (Å²) < 4.78 is 0. The van der Waals surface area contributed by atoms with Crippen LogP contribution in [0.1, 0.15) is 24.1 Å². The summed E-state index contributed by atoms with van der Waals surface area (Å²) in [5, 5.41) is 23.1. The van der Waals surface area contributed by atoms with Crippen molar-refractivity contribution in [3.8, 4) is 5.75 Å². The van der Waals surface area contributed by atoms with E-state index < -0.39 is 41.2 Å². The standard InChI is InChI=1S/C21H20N2O5/c1-11-7-9-12(10-8-11)23-18(25)15-16(19(23)26)21(2,20(27)28)22-17(15)13-5-3-4-6-14(13)24/h3-10,15-17,22,24H,1-2H3,(H,27,28)/t15-,16-,17-,21-/m1/s1. The van der Waals surface area contributed by atoms with Gasteiger partial charge in [-0.05, 0) is 32.0 Å². The fourth-order valence-corrected chi connectivity index (χ4v) is 4.30. The van der Waals surface area contributed by atoms with Gasteiger partial charge in [0.25, 0.3) is 0 Å². The van der Waals surface area contributed by atoms with Crippen molar-refractivity contribution >= 4 is 23.5 Å². The smallest absolute Gasteiger partial charge is 0.324 e. The van der Waals surface area contributed by atoms with Gasteiger partial charge in [0.15, 0.2) is 0 Å². The Bertz CT molecular complexity index is 987. The third-order valence-corrected chi connectivity index (χ3v) is 5.80. The Balaban J connectivity index is 1.84. The lowest BCUT2D eigenvalue weighted by atomic mass is 9.80. The summed E-state index contributed by atoms with van der Waals surface area (Å²) in [6.45, 7) is 3.31. The highest BCUT2D eigenvalue weighted by Crippen LogP contribution is 2.50. The molecule has 4 atom stereocenters. The van der Waals surface area contributed by atoms with E-state index in [9.17, 15) is 24.6 Å². The first kappa shape index (κ1) is 18.2. The molecule has 2 aromatic rings. The first-order chi connectivity index (χ1) is 13.3. The second kappa shape index (κ2) is 6.17. The molecule has 0 aliphatic carbocycles. The number of imide groups is 1. The number of nitrogens with zero attached hydrogens (tertiary/aromatic N) is 1. The molecule has 2 aromatic carbocycles. The van der Waals surface area contributed by atoms with Crippen molar-refractivity contribution in [2.75, 3.05) is 4.90 Å². The quantitative estimate of drug-likeness (QED) is 0.703. The van der Waals surface area contributed by atoms with Crippen LogP contribution in [0.2, 0.25) is 0 Å². The normalized spacial score (nSPS) is 29.2. The van der Waals surface area contributed by atoms with E-state index in [1.807, 2.05) is 6.92 Å². The van der Waals surface area contributed by atoms with Gasteiger partial charge in [-0.25, -0.2) is 4.90 Å². The number of carboxylic acid groups (broad SMARTS) is 1. The number of hydrogen-bond acceptors (Lipinski definition) is 5. The van der Waals surface area contributed by atoms with E-state index in [2.05, 4.69) is 5.32 Å². The minimum Gasteiger partial charge on any atom is -0.508 e. The number of carbonyl (C=O) groups is 3. The maximum absolute atomic E-state index is 13.3. The number of amides is 2. The average Bonchev–Trinajstić information content (AvgIpc) is 3.11. The number of aromatic hydroxyl groups is 1. The Kier molecular flexibility index (Phi) is 4.01. The van der Waals surface area contributed by atoms with Gasteiger partial charge in [-0.15, -0.1) is 0 Å². The van der Waals surface area contributed by atoms with Gasteiger partial charge in [-0.3, -0.25) is 19.7 Å². The Labute approximate surface area is 161 Å². The molecule has 0 saturated carbocycles. The van der Waals surface area contributed by atoms with Crippen LogP contribution in [0.15, 0.2) is 48.5 Å². The third kappa shape index (κ3) is 2.43. The van der Waals surface area contributed by atoms with Crippen molar-refractivity contribution in [1.82, 2.24) is 5.32 Å². The van der Waals surface area contributed by atoms with Crippen LogP contribution in [-0.4, -0.2) is 33.5 Å². The van der Waals surface area contributed by atoms with Gasteiger partial charge in [0.05, 0.1) is 17.5 Å². The van der Waals surface area contributed by atoms with Crippen LogP contribution in [0.25, 0.3) is 0 Å². The second-order valence-electron chi connectivity index (χ2n) is 7.54. The number of nitrogens with one attached hydrogen (secondary N) is 1. The molecule has 2 amide bonds. The number of carboxylic acids is 1. The van der Waals surface area contributed by atoms with E-state index in [0.29, 0.717) is 11.3 Å². The summed E-state index contributed by atoms with van der Waals surface area (Å²) in [6.07, 6.45) is 0. The average molecular weight is 380 g/mol. The first-order valence-electron chi connectivity index (χ1n) is 8.99. The summed E-state index contributed by atoms with van der Waals surface area (Å²) in [6, 6.07) is 12.6. The van der Waals surface area contributed by atoms with Crippen molar-refractivity contribution < 1.29 is 24.6 Å². The van der Waals surface area contributed by atoms with E-state index in [4.69, 9.17) is 0 Å². The van der Waals surface area contributed by atoms with E-state index in [1.165, 1.54) is 13.0 Å². The Morgan fingerprint density at radius 1 is 1.07 bits per heavy atom. The van der Waals surface area contributed by atoms with Crippen molar-refractivity contribution in [2.45, 2.75) is 25.4 Å². The topological polar surface area (TPSA) is 107 Å². The zero-order valence-electron chi connectivity index (χ0n) is 15.4. The number of anilines is 1. The summed E-state index contributed by atoms with van der Waals surface area (Å²) in [5.74, 6) is -4.29. The van der Waals surface area contributed by atoms with Gasteiger partial charge in [0, 0.05) is 11.6 Å². The molecule has 2 fully saturated rings. The Morgan fingerprint density at radius 3 is 2.32 bits per heavy atom. The summed E-state index contributed by atoms with van der Waals surface area (Å²) in [7, 11) is 0. The van der Waals surface area contributed by atoms with Crippen molar-refractivity contribution in [1.29, 1.82) is 0 Å². The zero-order chi connectivity index (χ0) is 20.2. The lowest BCUT2D eigenvalue weighted by Crippen LogP contribution is -2.53. The van der Waals surface area contributed by atoms with Crippen LogP contribution in [0.5, 0.6) is 5.75 Å². The fraction of sp³-hybridized carbons (Fsp3) is 0.286. The molecule has 0 spiro atoms. The molecule has 2 saturated heterocycles. The molecule has 7 heteroatoms. The molecule has 3 N–H and O–H groups in total. The summed E-state index contributed by atoms with van der Waals surface area (Å²) in [5.41, 5.74) is 0.157. The highest BCUT2D eigenvalue weighted by atomic mass is 16.4. The Morgan fingerprint density at radius 2 is 1.71 bits per heavy atom. The first-order valence-corrected chi connectivity index (χ1v) is 8.99. The van der Waals surface area contributed by atoms with E-state index >= 15 is 0 Å². The molecule has 0 bridgehead atoms. The van der Waals surface area contributed by atoms with Crippen LogP contribution < -0.4 is 10.2 Å². The summed E-state index contributed by atoms with van der Waals surface area (Å²) >= 11 is 0. The van der Waals surface area contributed by atoms with E-state index in [-0.39, 0.29) is 5.75 Å². The van der Waals surface area contributed by atoms with Gasteiger partial charge < -0.3 is 10.2 Å². The molecule has 0 unspecified atom stereocenters. The summed E-state index contributed by atoms with van der Waals surface area (Å²) in [4.78, 5) is 39.6. The molecule has 7 nitrogen and oxygen atoms in total. The zero-order valence-corrected chi connectivity index (χ0v) is 15.4. The number of fused-ring (bicyclic) bond motifs is 1. The third-order valence-electron chi connectivity index (χ3n) is 5.80. The molecule has 0 aromatic heterocycles. The maximum Gasteiger partial charge on any atom is 0.324 e. The molecule has 144 valence electrons. The molecule has 4 rings (SSSR count). The number of rotatable bonds is 3. The van der Waals surface area contributed by atoms with Gasteiger partial charge in [0.1, 0.15) is 11.3 Å². The number of hydrogen-bond donors (Lipinski definition) is 3. The minimum absolute atomic E-state index is 0.0533. The van der Waals surface area contributed by atoms with Gasteiger partial charge in [-0.1, -0.05) is 35.9 Å². The predicted octanol–water partition coefficient (Wildman–Crippen LogP) is 1.99. The van der Waals surface area contributed by atoms with Crippen molar-refractivity contribution in [2.24, 2.45) is 11.8 Å². The van der Waals surface area contributed by atoms with Crippen LogP contribution >= 0.6 is 0 Å². The number of para-hydroxylation sites is 1. The molecule has 0 radical (unpaired) electrons. The van der Waals surface area contributed by atoms with Gasteiger partial charge in [0.2, 0.25) is 11.8 Å². The number of aliphatic carboxylic acids is 1. The van der Waals surface area contributed by atoms with Gasteiger partial charge >= 0.3 is 5.97 Å². The predicted molar refractivity (Wildman–Crippen MR) is 101 cm³/mol. The highest BCUT2D eigenvalue weighted by molar-refractivity contribution is 6.24. The monoisotopic (exact) mass is 380 g/mol. The fourth-order valence-electron chi connectivity index (χ4n) is 4.30.